The Hall–Kier alpha value is -2.54. The maximum absolute atomic E-state index is 12.9. The summed E-state index contributed by atoms with van der Waals surface area (Å²) in [6.07, 6.45) is 2.18. The number of carbonyl (C=O) groups is 1. The molecule has 2 aromatic heterocycles. The molecular weight excluding hydrogens is 348 g/mol. The fraction of sp³-hybridized carbons (Fsp3) is 0.368. The Kier molecular flexibility index (Phi) is 4.55. The van der Waals surface area contributed by atoms with Crippen LogP contribution in [0.5, 0.6) is 0 Å². The molecular formula is C19H20N4O2S. The average Bonchev–Trinajstić information content (AvgIpc) is 3.35. The van der Waals surface area contributed by atoms with Gasteiger partial charge in [-0.1, -0.05) is 35.5 Å². The minimum Gasteiger partial charge on any atom is -0.337 e. The number of benzene rings is 1. The molecule has 26 heavy (non-hydrogen) atoms. The van der Waals surface area contributed by atoms with Crippen molar-refractivity contribution in [3.8, 4) is 11.4 Å². The summed E-state index contributed by atoms with van der Waals surface area (Å²) in [6.45, 7) is 4.65. The van der Waals surface area contributed by atoms with Crippen LogP contribution in [0.15, 0.2) is 34.9 Å². The highest BCUT2D eigenvalue weighted by atomic mass is 32.1. The zero-order valence-electron chi connectivity index (χ0n) is 14.8. The fourth-order valence-electron chi connectivity index (χ4n) is 3.37. The number of aryl methyl sites for hydroxylation is 2. The SMILES string of the molecule is Cc1nc(C)c(CC(=O)N2CCC[C@H]2c2nc(-c3ccccc3)no2)s1. The molecule has 0 radical (unpaired) electrons. The third kappa shape index (κ3) is 3.26. The minimum atomic E-state index is -0.137. The van der Waals surface area contributed by atoms with Crippen molar-refractivity contribution in [1.29, 1.82) is 0 Å². The molecule has 6 nitrogen and oxygen atoms in total. The van der Waals surface area contributed by atoms with Gasteiger partial charge in [-0.3, -0.25) is 4.79 Å². The van der Waals surface area contributed by atoms with Gasteiger partial charge in [-0.25, -0.2) is 4.98 Å². The first-order valence-electron chi connectivity index (χ1n) is 8.73. The molecule has 0 bridgehead atoms. The van der Waals surface area contributed by atoms with E-state index in [1.807, 2.05) is 49.1 Å². The van der Waals surface area contributed by atoms with E-state index in [-0.39, 0.29) is 11.9 Å². The van der Waals surface area contributed by atoms with Crippen molar-refractivity contribution in [3.63, 3.8) is 0 Å². The lowest BCUT2D eigenvalue weighted by atomic mass is 10.2. The van der Waals surface area contributed by atoms with Crippen LogP contribution in [0.3, 0.4) is 0 Å². The normalized spacial score (nSPS) is 17.0. The second-order valence-corrected chi connectivity index (χ2v) is 7.77. The summed E-state index contributed by atoms with van der Waals surface area (Å²) in [6, 6.07) is 9.58. The van der Waals surface area contributed by atoms with Crippen LogP contribution < -0.4 is 0 Å². The zero-order valence-corrected chi connectivity index (χ0v) is 15.6. The van der Waals surface area contributed by atoms with Gasteiger partial charge in [0.15, 0.2) is 0 Å². The van der Waals surface area contributed by atoms with Crippen molar-refractivity contribution in [2.45, 2.75) is 39.2 Å². The first kappa shape index (κ1) is 16.9. The van der Waals surface area contributed by atoms with E-state index in [0.717, 1.165) is 40.5 Å². The van der Waals surface area contributed by atoms with E-state index >= 15 is 0 Å². The summed E-state index contributed by atoms with van der Waals surface area (Å²) >= 11 is 1.59. The number of likely N-dealkylation sites (tertiary alicyclic amines) is 1. The Balaban J connectivity index is 1.52. The van der Waals surface area contributed by atoms with Gasteiger partial charge in [-0.15, -0.1) is 11.3 Å². The summed E-state index contributed by atoms with van der Waals surface area (Å²) < 4.78 is 5.50. The van der Waals surface area contributed by atoms with Gasteiger partial charge in [0.2, 0.25) is 17.6 Å². The van der Waals surface area contributed by atoms with Gasteiger partial charge < -0.3 is 9.42 Å². The van der Waals surface area contributed by atoms with Crippen LogP contribution in [0.4, 0.5) is 0 Å². The lowest BCUT2D eigenvalue weighted by Crippen LogP contribution is -2.32. The Labute approximate surface area is 155 Å². The molecule has 0 unspecified atom stereocenters. The predicted molar refractivity (Wildman–Crippen MR) is 98.7 cm³/mol. The Bertz CT molecular complexity index is 919. The van der Waals surface area contributed by atoms with Crippen LogP contribution in [0, 0.1) is 13.8 Å². The highest BCUT2D eigenvalue weighted by Gasteiger charge is 2.34. The first-order chi connectivity index (χ1) is 12.6. The maximum Gasteiger partial charge on any atom is 0.249 e. The predicted octanol–water partition coefficient (Wildman–Crippen LogP) is 3.72. The van der Waals surface area contributed by atoms with Gasteiger partial charge >= 0.3 is 0 Å². The molecule has 4 rings (SSSR count). The molecule has 1 atom stereocenters. The van der Waals surface area contributed by atoms with Gasteiger partial charge in [0.1, 0.15) is 6.04 Å². The van der Waals surface area contributed by atoms with Crippen molar-refractivity contribution in [3.05, 3.63) is 51.8 Å². The highest BCUT2D eigenvalue weighted by Crippen LogP contribution is 2.33. The molecule has 0 aliphatic carbocycles. The zero-order chi connectivity index (χ0) is 18.1. The van der Waals surface area contributed by atoms with Crippen LogP contribution in [0.25, 0.3) is 11.4 Å². The van der Waals surface area contributed by atoms with Crippen molar-refractivity contribution in [1.82, 2.24) is 20.0 Å². The number of rotatable bonds is 4. The van der Waals surface area contributed by atoms with Crippen molar-refractivity contribution in [2.24, 2.45) is 0 Å². The molecule has 1 aliphatic rings. The number of amides is 1. The molecule has 7 heteroatoms. The molecule has 0 spiro atoms. The van der Waals surface area contributed by atoms with Gasteiger partial charge in [-0.2, -0.15) is 4.98 Å². The summed E-state index contributed by atoms with van der Waals surface area (Å²) in [5.41, 5.74) is 1.86. The van der Waals surface area contributed by atoms with Crippen LogP contribution >= 0.6 is 11.3 Å². The quantitative estimate of drug-likeness (QED) is 0.702. The van der Waals surface area contributed by atoms with E-state index in [1.165, 1.54) is 0 Å². The summed E-state index contributed by atoms with van der Waals surface area (Å²) in [5.74, 6) is 1.18. The van der Waals surface area contributed by atoms with Crippen molar-refractivity contribution in [2.75, 3.05) is 6.54 Å². The van der Waals surface area contributed by atoms with Gasteiger partial charge in [-0.05, 0) is 26.7 Å². The van der Waals surface area contributed by atoms with Crippen molar-refractivity contribution >= 4 is 17.2 Å². The van der Waals surface area contributed by atoms with Crippen LogP contribution in [-0.2, 0) is 11.2 Å². The van der Waals surface area contributed by atoms with E-state index in [4.69, 9.17) is 4.52 Å². The Morgan fingerprint density at radius 3 is 2.81 bits per heavy atom. The summed E-state index contributed by atoms with van der Waals surface area (Å²) in [4.78, 5) is 24.7. The lowest BCUT2D eigenvalue weighted by Gasteiger charge is -2.21. The van der Waals surface area contributed by atoms with E-state index in [2.05, 4.69) is 15.1 Å². The summed E-state index contributed by atoms with van der Waals surface area (Å²) in [7, 11) is 0. The average molecular weight is 368 g/mol. The smallest absolute Gasteiger partial charge is 0.249 e. The number of thiazole rings is 1. The highest BCUT2D eigenvalue weighted by molar-refractivity contribution is 7.11. The minimum absolute atomic E-state index is 0.0960. The van der Waals surface area contributed by atoms with Crippen LogP contribution in [-0.4, -0.2) is 32.5 Å². The molecule has 1 amide bonds. The Morgan fingerprint density at radius 1 is 1.27 bits per heavy atom. The Morgan fingerprint density at radius 2 is 2.08 bits per heavy atom. The molecule has 3 heterocycles. The van der Waals surface area contributed by atoms with E-state index in [0.29, 0.717) is 18.1 Å². The van der Waals surface area contributed by atoms with E-state index < -0.39 is 0 Å². The van der Waals surface area contributed by atoms with Crippen LogP contribution in [0.1, 0.15) is 40.4 Å². The number of carbonyl (C=O) groups excluding carboxylic acids is 1. The lowest BCUT2D eigenvalue weighted by molar-refractivity contribution is -0.131. The third-order valence-corrected chi connectivity index (χ3v) is 5.72. The summed E-state index contributed by atoms with van der Waals surface area (Å²) in [5, 5.41) is 5.09. The first-order valence-corrected chi connectivity index (χ1v) is 9.55. The van der Waals surface area contributed by atoms with Gasteiger partial charge in [0.25, 0.3) is 0 Å². The van der Waals surface area contributed by atoms with Crippen LogP contribution in [0.2, 0.25) is 0 Å². The van der Waals surface area contributed by atoms with Crippen molar-refractivity contribution < 1.29 is 9.32 Å². The fourth-order valence-corrected chi connectivity index (χ4v) is 4.30. The molecule has 3 aromatic rings. The molecule has 1 fully saturated rings. The largest absolute Gasteiger partial charge is 0.337 e. The van der Waals surface area contributed by atoms with Gasteiger partial charge in [0, 0.05) is 17.0 Å². The number of hydrogen-bond donors (Lipinski definition) is 0. The second kappa shape index (κ2) is 6.99. The maximum atomic E-state index is 12.9. The molecule has 1 aromatic carbocycles. The molecule has 1 saturated heterocycles. The monoisotopic (exact) mass is 368 g/mol. The number of hydrogen-bond acceptors (Lipinski definition) is 6. The molecule has 0 N–H and O–H groups in total. The van der Waals surface area contributed by atoms with E-state index in [1.54, 1.807) is 11.3 Å². The molecule has 1 aliphatic heterocycles. The number of aromatic nitrogens is 3. The molecule has 0 saturated carbocycles. The topological polar surface area (TPSA) is 72.1 Å². The van der Waals surface area contributed by atoms with Gasteiger partial charge in [0.05, 0.1) is 17.1 Å². The van der Waals surface area contributed by atoms with E-state index in [9.17, 15) is 4.79 Å². The second-order valence-electron chi connectivity index (χ2n) is 6.49. The standard InChI is InChI=1S/C19H20N4O2S/c1-12-16(26-13(2)20-12)11-17(24)23-10-6-9-15(23)19-21-18(22-25-19)14-7-4-3-5-8-14/h3-5,7-8,15H,6,9-11H2,1-2H3/t15-/m0/s1. The third-order valence-electron chi connectivity index (χ3n) is 4.64. The number of nitrogens with zero attached hydrogens (tertiary/aromatic N) is 4. The molecule has 134 valence electrons.